The number of nitrogens with one attached hydrogen (secondary N) is 1. The van der Waals surface area contributed by atoms with E-state index in [2.05, 4.69) is 5.32 Å². The van der Waals surface area contributed by atoms with Gasteiger partial charge in [0.2, 0.25) is 0 Å². The minimum atomic E-state index is -0.859. The second kappa shape index (κ2) is 5.17. The van der Waals surface area contributed by atoms with Crippen molar-refractivity contribution in [2.75, 3.05) is 17.6 Å². The van der Waals surface area contributed by atoms with Gasteiger partial charge in [-0.3, -0.25) is 4.79 Å². The van der Waals surface area contributed by atoms with E-state index in [1.54, 1.807) is 31.2 Å². The summed E-state index contributed by atoms with van der Waals surface area (Å²) in [5, 5.41) is 11.7. The van der Waals surface area contributed by atoms with E-state index in [-0.39, 0.29) is 12.1 Å². The molecule has 0 bridgehead atoms. The van der Waals surface area contributed by atoms with Crippen molar-refractivity contribution in [2.45, 2.75) is 19.4 Å². The van der Waals surface area contributed by atoms with Crippen molar-refractivity contribution >= 4 is 23.4 Å². The van der Waals surface area contributed by atoms with Crippen LogP contribution in [0.4, 0.5) is 16.2 Å². The molecule has 0 aliphatic carbocycles. The predicted molar refractivity (Wildman–Crippen MR) is 71.8 cm³/mol. The van der Waals surface area contributed by atoms with Crippen LogP contribution in [0.25, 0.3) is 0 Å². The fourth-order valence-corrected chi connectivity index (χ4v) is 2.35. The van der Waals surface area contributed by atoms with E-state index in [0.717, 1.165) is 0 Å². The van der Waals surface area contributed by atoms with Gasteiger partial charge in [-0.1, -0.05) is 12.1 Å². The normalized spacial score (nSPS) is 22.3. The van der Waals surface area contributed by atoms with E-state index >= 15 is 0 Å². The minimum Gasteiger partial charge on any atom is -0.481 e. The van der Waals surface area contributed by atoms with Crippen LogP contribution in [0.2, 0.25) is 0 Å². The number of nitrogen functional groups attached to an aromatic ring is 1. The van der Waals surface area contributed by atoms with Gasteiger partial charge in [-0.25, -0.2) is 4.79 Å². The average molecular weight is 263 g/mol. The number of para-hydroxylation sites is 2. The quantitative estimate of drug-likeness (QED) is 0.706. The Morgan fingerprint density at radius 3 is 2.68 bits per heavy atom. The lowest BCUT2D eigenvalue weighted by Gasteiger charge is -2.23. The van der Waals surface area contributed by atoms with Gasteiger partial charge < -0.3 is 21.1 Å². The zero-order valence-corrected chi connectivity index (χ0v) is 10.7. The number of hydrogen-bond donors (Lipinski definition) is 3. The highest BCUT2D eigenvalue weighted by atomic mass is 16.4. The van der Waals surface area contributed by atoms with Crippen molar-refractivity contribution in [1.82, 2.24) is 4.90 Å². The van der Waals surface area contributed by atoms with Crippen LogP contribution in [0, 0.1) is 5.92 Å². The molecule has 0 radical (unpaired) electrons. The highest BCUT2D eigenvalue weighted by molar-refractivity contribution is 5.93. The Morgan fingerprint density at radius 1 is 1.42 bits per heavy atom. The van der Waals surface area contributed by atoms with Crippen LogP contribution in [0.3, 0.4) is 0 Å². The standard InChI is InChI=1S/C13H17N3O3/c1-8-9(12(17)18)6-7-16(8)13(19)15-11-5-3-2-4-10(11)14/h2-5,8-9H,6-7,14H2,1H3,(H,15,19)(H,17,18). The van der Waals surface area contributed by atoms with Crippen molar-refractivity contribution in [3.63, 3.8) is 0 Å². The lowest BCUT2D eigenvalue weighted by molar-refractivity contribution is -0.142. The number of benzene rings is 1. The number of aliphatic carboxylic acids is 1. The number of hydrogen-bond acceptors (Lipinski definition) is 3. The van der Waals surface area contributed by atoms with Crippen LogP contribution in [0.1, 0.15) is 13.3 Å². The number of anilines is 2. The van der Waals surface area contributed by atoms with E-state index < -0.39 is 11.9 Å². The number of rotatable bonds is 2. The topological polar surface area (TPSA) is 95.7 Å². The Morgan fingerprint density at radius 2 is 2.11 bits per heavy atom. The number of likely N-dealkylation sites (tertiary alicyclic amines) is 1. The van der Waals surface area contributed by atoms with Gasteiger partial charge in [0.15, 0.2) is 0 Å². The molecular weight excluding hydrogens is 246 g/mol. The van der Waals surface area contributed by atoms with Gasteiger partial charge in [0.25, 0.3) is 0 Å². The highest BCUT2D eigenvalue weighted by Crippen LogP contribution is 2.26. The molecule has 102 valence electrons. The third-order valence-corrected chi connectivity index (χ3v) is 3.54. The van der Waals surface area contributed by atoms with Gasteiger partial charge in [-0.2, -0.15) is 0 Å². The number of nitrogens with zero attached hydrogens (tertiary/aromatic N) is 1. The van der Waals surface area contributed by atoms with E-state index in [1.807, 2.05) is 0 Å². The molecule has 6 heteroatoms. The number of carboxylic acid groups (broad SMARTS) is 1. The fraction of sp³-hybridized carbons (Fsp3) is 0.385. The lowest BCUT2D eigenvalue weighted by Crippen LogP contribution is -2.40. The third kappa shape index (κ3) is 2.62. The molecule has 1 aliphatic rings. The third-order valence-electron chi connectivity index (χ3n) is 3.54. The molecule has 1 aliphatic heterocycles. The van der Waals surface area contributed by atoms with E-state index in [9.17, 15) is 9.59 Å². The second-order valence-electron chi connectivity index (χ2n) is 4.68. The zero-order valence-electron chi connectivity index (χ0n) is 10.7. The summed E-state index contributed by atoms with van der Waals surface area (Å²) in [6, 6.07) is 6.34. The van der Waals surface area contributed by atoms with Crippen molar-refractivity contribution in [1.29, 1.82) is 0 Å². The molecule has 0 saturated carbocycles. The minimum absolute atomic E-state index is 0.311. The molecular formula is C13H17N3O3. The zero-order chi connectivity index (χ0) is 14.0. The van der Waals surface area contributed by atoms with Gasteiger partial charge in [0.1, 0.15) is 0 Å². The first kappa shape index (κ1) is 13.2. The molecule has 0 spiro atoms. The summed E-state index contributed by atoms with van der Waals surface area (Å²) in [4.78, 5) is 24.7. The smallest absolute Gasteiger partial charge is 0.322 e. The monoisotopic (exact) mass is 263 g/mol. The predicted octanol–water partition coefficient (Wildman–Crippen LogP) is 1.60. The van der Waals surface area contributed by atoms with E-state index in [4.69, 9.17) is 10.8 Å². The van der Waals surface area contributed by atoms with Crippen LogP contribution < -0.4 is 11.1 Å². The van der Waals surface area contributed by atoms with Crippen LogP contribution in [-0.2, 0) is 4.79 Å². The van der Waals surface area contributed by atoms with Crippen LogP contribution in [0.5, 0.6) is 0 Å². The van der Waals surface area contributed by atoms with E-state index in [0.29, 0.717) is 24.3 Å². The molecule has 2 amide bonds. The van der Waals surface area contributed by atoms with Crippen molar-refractivity contribution < 1.29 is 14.7 Å². The fourth-order valence-electron chi connectivity index (χ4n) is 2.35. The number of amides is 2. The first-order chi connectivity index (χ1) is 9.00. The Labute approximate surface area is 111 Å². The number of nitrogens with two attached hydrogens (primary N) is 1. The molecule has 1 fully saturated rings. The lowest BCUT2D eigenvalue weighted by atomic mass is 10.0. The molecule has 1 heterocycles. The number of carboxylic acids is 1. The average Bonchev–Trinajstić information content (AvgIpc) is 2.74. The maximum atomic E-state index is 12.1. The summed E-state index contributed by atoms with van der Waals surface area (Å²) in [6.07, 6.45) is 0.480. The van der Waals surface area contributed by atoms with E-state index in [1.165, 1.54) is 4.90 Å². The SMILES string of the molecule is CC1C(C(=O)O)CCN1C(=O)Nc1ccccc1N. The Kier molecular flexibility index (Phi) is 3.59. The molecule has 0 aromatic heterocycles. The van der Waals surface area contributed by atoms with Crippen molar-refractivity contribution in [3.05, 3.63) is 24.3 Å². The molecule has 1 aromatic rings. The number of carbonyl (C=O) groups is 2. The largest absolute Gasteiger partial charge is 0.481 e. The summed E-state index contributed by atoms with van der Waals surface area (Å²) < 4.78 is 0. The van der Waals surface area contributed by atoms with Crippen molar-refractivity contribution in [2.24, 2.45) is 5.92 Å². The Bertz CT molecular complexity index is 504. The second-order valence-corrected chi connectivity index (χ2v) is 4.68. The molecule has 2 atom stereocenters. The van der Waals surface area contributed by atoms with Gasteiger partial charge in [-0.15, -0.1) is 0 Å². The summed E-state index contributed by atoms with van der Waals surface area (Å²) in [5.41, 5.74) is 6.77. The van der Waals surface area contributed by atoms with Gasteiger partial charge in [-0.05, 0) is 25.5 Å². The van der Waals surface area contributed by atoms with Crippen LogP contribution >= 0.6 is 0 Å². The van der Waals surface area contributed by atoms with Crippen LogP contribution in [0.15, 0.2) is 24.3 Å². The summed E-state index contributed by atoms with van der Waals surface area (Å²) >= 11 is 0. The van der Waals surface area contributed by atoms with Gasteiger partial charge in [0.05, 0.1) is 17.3 Å². The molecule has 6 nitrogen and oxygen atoms in total. The first-order valence-corrected chi connectivity index (χ1v) is 6.15. The summed E-state index contributed by atoms with van der Waals surface area (Å²) in [6.45, 7) is 2.19. The van der Waals surface area contributed by atoms with Crippen LogP contribution in [-0.4, -0.2) is 34.6 Å². The first-order valence-electron chi connectivity index (χ1n) is 6.15. The molecule has 2 unspecified atom stereocenters. The molecule has 19 heavy (non-hydrogen) atoms. The summed E-state index contributed by atoms with van der Waals surface area (Å²) in [5.74, 6) is -1.36. The maximum Gasteiger partial charge on any atom is 0.322 e. The van der Waals surface area contributed by atoms with Gasteiger partial charge in [0, 0.05) is 12.6 Å². The van der Waals surface area contributed by atoms with Crippen molar-refractivity contribution in [3.8, 4) is 0 Å². The van der Waals surface area contributed by atoms with Gasteiger partial charge >= 0.3 is 12.0 Å². The molecule has 1 aromatic carbocycles. The Balaban J connectivity index is 2.06. The molecule has 4 N–H and O–H groups in total. The number of carbonyl (C=O) groups excluding carboxylic acids is 1. The molecule has 1 saturated heterocycles. The Hall–Kier alpha value is -2.24. The number of urea groups is 1. The molecule has 2 rings (SSSR count). The summed E-state index contributed by atoms with van der Waals surface area (Å²) in [7, 11) is 0. The maximum absolute atomic E-state index is 12.1. The highest BCUT2D eigenvalue weighted by Gasteiger charge is 2.38.